The second kappa shape index (κ2) is 3.66. The Morgan fingerprint density at radius 2 is 2.25 bits per heavy atom. The fraction of sp³-hybridized carbons (Fsp3) is 0.286. The Bertz CT molecular complexity index is 288. The Morgan fingerprint density at radius 3 is 2.83 bits per heavy atom. The van der Waals surface area contributed by atoms with E-state index in [2.05, 4.69) is 19.4 Å². The first-order chi connectivity index (χ1) is 5.72. The van der Waals surface area contributed by atoms with Crippen LogP contribution in [0.3, 0.4) is 0 Å². The van der Waals surface area contributed by atoms with Crippen LogP contribution in [0.4, 0.5) is 4.79 Å². The third-order valence-corrected chi connectivity index (χ3v) is 1.13. The highest BCUT2D eigenvalue weighted by atomic mass is 16.7. The Labute approximate surface area is 69.4 Å². The lowest BCUT2D eigenvalue weighted by molar-refractivity contribution is 0.119. The quantitative estimate of drug-likeness (QED) is 0.584. The van der Waals surface area contributed by atoms with E-state index in [1.165, 1.54) is 19.5 Å². The first kappa shape index (κ1) is 8.45. The molecule has 0 N–H and O–H groups in total. The largest absolute Gasteiger partial charge is 0.514 e. The van der Waals surface area contributed by atoms with Gasteiger partial charge in [0, 0.05) is 11.8 Å². The molecular formula is C7H8N2O3. The van der Waals surface area contributed by atoms with Crippen LogP contribution in [-0.4, -0.2) is 23.2 Å². The van der Waals surface area contributed by atoms with E-state index in [-0.39, 0.29) is 5.88 Å². The Morgan fingerprint density at radius 1 is 1.50 bits per heavy atom. The number of carbonyl (C=O) groups is 1. The van der Waals surface area contributed by atoms with E-state index in [1.807, 2.05) is 0 Å². The lowest BCUT2D eigenvalue weighted by Crippen LogP contribution is -2.08. The Hall–Kier alpha value is -1.65. The summed E-state index contributed by atoms with van der Waals surface area (Å²) in [4.78, 5) is 18.1. The van der Waals surface area contributed by atoms with E-state index in [0.717, 1.165) is 5.69 Å². The molecule has 0 saturated carbocycles. The van der Waals surface area contributed by atoms with Gasteiger partial charge in [0.2, 0.25) is 5.88 Å². The molecule has 0 unspecified atom stereocenters. The van der Waals surface area contributed by atoms with Gasteiger partial charge in [0.25, 0.3) is 0 Å². The van der Waals surface area contributed by atoms with Crippen molar-refractivity contribution in [2.45, 2.75) is 6.92 Å². The number of rotatable bonds is 1. The molecule has 0 atom stereocenters. The van der Waals surface area contributed by atoms with Gasteiger partial charge >= 0.3 is 6.16 Å². The Kier molecular flexibility index (Phi) is 2.57. The maximum atomic E-state index is 10.6. The molecule has 0 aliphatic heterocycles. The van der Waals surface area contributed by atoms with E-state index < -0.39 is 6.16 Å². The molecule has 0 saturated heterocycles. The van der Waals surface area contributed by atoms with E-state index in [1.54, 1.807) is 6.92 Å². The molecule has 1 rings (SSSR count). The molecule has 0 amide bonds. The Balaban J connectivity index is 2.69. The van der Waals surface area contributed by atoms with Crippen LogP contribution in [0.1, 0.15) is 5.69 Å². The lowest BCUT2D eigenvalue weighted by atomic mass is 10.4. The second-order valence-electron chi connectivity index (χ2n) is 2.05. The summed E-state index contributed by atoms with van der Waals surface area (Å²) in [5.41, 5.74) is 0.726. The smallest absolute Gasteiger partial charge is 0.437 e. The van der Waals surface area contributed by atoms with E-state index in [0.29, 0.717) is 0 Å². The van der Waals surface area contributed by atoms with Crippen molar-refractivity contribution < 1.29 is 14.3 Å². The summed E-state index contributed by atoms with van der Waals surface area (Å²) in [6, 6.07) is 1.54. The monoisotopic (exact) mass is 168 g/mol. The highest BCUT2D eigenvalue weighted by molar-refractivity contribution is 5.62. The minimum absolute atomic E-state index is 0.189. The highest BCUT2D eigenvalue weighted by Gasteiger charge is 2.03. The lowest BCUT2D eigenvalue weighted by Gasteiger charge is -2.00. The van der Waals surface area contributed by atoms with Crippen LogP contribution in [0.5, 0.6) is 5.88 Å². The first-order valence-electron chi connectivity index (χ1n) is 3.27. The SMILES string of the molecule is COC(=O)Oc1cc(C)ncn1. The second-order valence-corrected chi connectivity index (χ2v) is 2.05. The van der Waals surface area contributed by atoms with Crippen molar-refractivity contribution in [2.75, 3.05) is 7.11 Å². The van der Waals surface area contributed by atoms with Gasteiger partial charge in [-0.05, 0) is 6.92 Å². The van der Waals surface area contributed by atoms with Gasteiger partial charge in [-0.3, -0.25) is 0 Å². The van der Waals surface area contributed by atoms with Crippen molar-refractivity contribution >= 4 is 6.16 Å². The summed E-state index contributed by atoms with van der Waals surface area (Å²) in [6.07, 6.45) is 0.529. The fourth-order valence-corrected chi connectivity index (χ4v) is 0.613. The predicted octanol–water partition coefficient (Wildman–Crippen LogP) is 0.930. The van der Waals surface area contributed by atoms with Crippen LogP contribution in [0.25, 0.3) is 0 Å². The minimum atomic E-state index is -0.784. The number of ether oxygens (including phenoxy) is 2. The van der Waals surface area contributed by atoms with Crippen molar-refractivity contribution in [1.29, 1.82) is 0 Å². The van der Waals surface area contributed by atoms with Gasteiger partial charge in [0.1, 0.15) is 6.33 Å². The molecule has 0 aliphatic rings. The number of aryl methyl sites for hydroxylation is 1. The molecule has 0 radical (unpaired) electrons. The van der Waals surface area contributed by atoms with Gasteiger partial charge in [-0.25, -0.2) is 14.8 Å². The summed E-state index contributed by atoms with van der Waals surface area (Å²) in [5, 5.41) is 0. The van der Waals surface area contributed by atoms with Crippen molar-refractivity contribution in [3.8, 4) is 5.88 Å². The molecule has 0 bridgehead atoms. The molecule has 0 aromatic carbocycles. The zero-order valence-electron chi connectivity index (χ0n) is 6.77. The molecule has 1 aromatic rings. The van der Waals surface area contributed by atoms with Crippen LogP contribution < -0.4 is 4.74 Å². The summed E-state index contributed by atoms with van der Waals surface area (Å²) in [6.45, 7) is 1.77. The number of hydrogen-bond acceptors (Lipinski definition) is 5. The predicted molar refractivity (Wildman–Crippen MR) is 39.8 cm³/mol. The molecule has 5 nitrogen and oxygen atoms in total. The molecular weight excluding hydrogens is 160 g/mol. The van der Waals surface area contributed by atoms with Gasteiger partial charge in [0.05, 0.1) is 7.11 Å². The maximum absolute atomic E-state index is 10.6. The van der Waals surface area contributed by atoms with Gasteiger partial charge < -0.3 is 9.47 Å². The maximum Gasteiger partial charge on any atom is 0.514 e. The van der Waals surface area contributed by atoms with Crippen molar-refractivity contribution in [2.24, 2.45) is 0 Å². The topological polar surface area (TPSA) is 61.3 Å². The van der Waals surface area contributed by atoms with Crippen LogP contribution in [-0.2, 0) is 4.74 Å². The van der Waals surface area contributed by atoms with Gasteiger partial charge in [-0.15, -0.1) is 0 Å². The average molecular weight is 168 g/mol. The number of methoxy groups -OCH3 is 1. The van der Waals surface area contributed by atoms with E-state index in [4.69, 9.17) is 0 Å². The van der Waals surface area contributed by atoms with Crippen LogP contribution in [0, 0.1) is 6.92 Å². The zero-order valence-corrected chi connectivity index (χ0v) is 6.77. The van der Waals surface area contributed by atoms with Crippen LogP contribution in [0.15, 0.2) is 12.4 Å². The summed E-state index contributed by atoms with van der Waals surface area (Å²) >= 11 is 0. The van der Waals surface area contributed by atoms with Gasteiger partial charge in [-0.2, -0.15) is 0 Å². The van der Waals surface area contributed by atoms with Crippen molar-refractivity contribution in [3.05, 3.63) is 18.1 Å². The summed E-state index contributed by atoms with van der Waals surface area (Å²) < 4.78 is 8.90. The molecule has 12 heavy (non-hydrogen) atoms. The van der Waals surface area contributed by atoms with Gasteiger partial charge in [0.15, 0.2) is 0 Å². The van der Waals surface area contributed by atoms with Crippen molar-refractivity contribution in [3.63, 3.8) is 0 Å². The first-order valence-corrected chi connectivity index (χ1v) is 3.27. The van der Waals surface area contributed by atoms with Gasteiger partial charge in [-0.1, -0.05) is 0 Å². The van der Waals surface area contributed by atoms with Crippen molar-refractivity contribution in [1.82, 2.24) is 9.97 Å². The number of hydrogen-bond donors (Lipinski definition) is 0. The number of nitrogens with zero attached hydrogens (tertiary/aromatic N) is 2. The standard InChI is InChI=1S/C7H8N2O3/c1-5-3-6(9-4-8-5)12-7(10)11-2/h3-4H,1-2H3. The summed E-state index contributed by atoms with van der Waals surface area (Å²) in [7, 11) is 1.23. The van der Waals surface area contributed by atoms with E-state index >= 15 is 0 Å². The molecule has 64 valence electrons. The summed E-state index contributed by atoms with van der Waals surface area (Å²) in [5.74, 6) is 0.189. The minimum Gasteiger partial charge on any atom is -0.437 e. The number of carbonyl (C=O) groups excluding carboxylic acids is 1. The third kappa shape index (κ3) is 2.19. The molecule has 1 aromatic heterocycles. The average Bonchev–Trinajstić information content (AvgIpc) is 2.04. The molecule has 1 heterocycles. The molecule has 0 aliphatic carbocycles. The highest BCUT2D eigenvalue weighted by Crippen LogP contribution is 2.05. The molecule has 0 spiro atoms. The normalized spacial score (nSPS) is 9.17. The third-order valence-electron chi connectivity index (χ3n) is 1.13. The van der Waals surface area contributed by atoms with E-state index in [9.17, 15) is 4.79 Å². The molecule has 5 heteroatoms. The number of aromatic nitrogens is 2. The van der Waals surface area contributed by atoms with Crippen LogP contribution in [0.2, 0.25) is 0 Å². The molecule has 0 fully saturated rings. The fourth-order valence-electron chi connectivity index (χ4n) is 0.613. The van der Waals surface area contributed by atoms with Crippen LogP contribution >= 0.6 is 0 Å². The zero-order chi connectivity index (χ0) is 8.97.